The Morgan fingerprint density at radius 1 is 1.43 bits per heavy atom. The SMILES string of the molecule is CCCNCCNC(=O)CCn1cc([N+](=O)[O-])nc1C.Cl. The Kier molecular flexibility index (Phi) is 9.31. The number of carbonyl (C=O) groups excluding carboxylic acids is 1. The van der Waals surface area contributed by atoms with Crippen LogP contribution in [-0.2, 0) is 11.3 Å². The maximum Gasteiger partial charge on any atom is 0.381 e. The number of aromatic nitrogens is 2. The Morgan fingerprint density at radius 3 is 2.71 bits per heavy atom. The van der Waals surface area contributed by atoms with Crippen LogP contribution in [0.15, 0.2) is 6.20 Å². The van der Waals surface area contributed by atoms with Crippen molar-refractivity contribution in [1.82, 2.24) is 20.2 Å². The van der Waals surface area contributed by atoms with Crippen molar-refractivity contribution in [1.29, 1.82) is 0 Å². The largest absolute Gasteiger partial charge is 0.381 e. The predicted molar refractivity (Wildman–Crippen MR) is 81.7 cm³/mol. The second-order valence-corrected chi connectivity index (χ2v) is 4.45. The molecular formula is C12H22ClN5O3. The van der Waals surface area contributed by atoms with Crippen molar-refractivity contribution in [2.75, 3.05) is 19.6 Å². The molecular weight excluding hydrogens is 298 g/mol. The number of carbonyl (C=O) groups is 1. The maximum absolute atomic E-state index is 11.6. The maximum atomic E-state index is 11.6. The van der Waals surface area contributed by atoms with Gasteiger partial charge in [-0.05, 0) is 22.9 Å². The Bertz CT molecular complexity index is 464. The van der Waals surface area contributed by atoms with E-state index in [9.17, 15) is 14.9 Å². The molecule has 1 rings (SSSR count). The molecule has 0 aliphatic carbocycles. The lowest BCUT2D eigenvalue weighted by atomic mass is 10.4. The molecule has 2 N–H and O–H groups in total. The summed E-state index contributed by atoms with van der Waals surface area (Å²) in [6, 6.07) is 0. The van der Waals surface area contributed by atoms with Crippen molar-refractivity contribution >= 4 is 24.1 Å². The Labute approximate surface area is 129 Å². The molecule has 0 aromatic carbocycles. The number of amides is 1. The van der Waals surface area contributed by atoms with Crippen molar-refractivity contribution in [3.63, 3.8) is 0 Å². The van der Waals surface area contributed by atoms with Crippen molar-refractivity contribution in [2.24, 2.45) is 0 Å². The minimum absolute atomic E-state index is 0. The van der Waals surface area contributed by atoms with E-state index in [0.29, 0.717) is 18.9 Å². The molecule has 0 atom stereocenters. The molecule has 1 amide bonds. The summed E-state index contributed by atoms with van der Waals surface area (Å²) in [5.41, 5.74) is 0. The Morgan fingerprint density at radius 2 is 2.14 bits per heavy atom. The summed E-state index contributed by atoms with van der Waals surface area (Å²) in [6.45, 7) is 6.42. The van der Waals surface area contributed by atoms with Gasteiger partial charge in [0.2, 0.25) is 11.7 Å². The second kappa shape index (κ2) is 10.1. The summed E-state index contributed by atoms with van der Waals surface area (Å²) in [6.07, 6.45) is 2.69. The number of nitrogens with zero attached hydrogens (tertiary/aromatic N) is 3. The van der Waals surface area contributed by atoms with Crippen LogP contribution >= 0.6 is 12.4 Å². The van der Waals surface area contributed by atoms with Crippen LogP contribution in [0.2, 0.25) is 0 Å². The van der Waals surface area contributed by atoms with Gasteiger partial charge in [-0.1, -0.05) is 6.92 Å². The molecule has 120 valence electrons. The fraction of sp³-hybridized carbons (Fsp3) is 0.667. The minimum Gasteiger partial charge on any atom is -0.358 e. The van der Waals surface area contributed by atoms with Gasteiger partial charge in [-0.15, -0.1) is 12.4 Å². The number of nitrogens with one attached hydrogen (secondary N) is 2. The Hall–Kier alpha value is -1.67. The molecule has 9 heteroatoms. The molecule has 0 aliphatic rings. The summed E-state index contributed by atoms with van der Waals surface area (Å²) < 4.78 is 1.62. The van der Waals surface area contributed by atoms with Crippen LogP contribution in [0.5, 0.6) is 0 Å². The smallest absolute Gasteiger partial charge is 0.358 e. The lowest BCUT2D eigenvalue weighted by Crippen LogP contribution is -2.32. The summed E-state index contributed by atoms with van der Waals surface area (Å²) in [4.78, 5) is 25.4. The number of hydrogen-bond donors (Lipinski definition) is 2. The average molecular weight is 320 g/mol. The number of rotatable bonds is 9. The van der Waals surface area contributed by atoms with Crippen molar-refractivity contribution in [2.45, 2.75) is 33.2 Å². The summed E-state index contributed by atoms with van der Waals surface area (Å²) >= 11 is 0. The zero-order chi connectivity index (χ0) is 15.0. The quantitative estimate of drug-likeness (QED) is 0.402. The fourth-order valence-corrected chi connectivity index (χ4v) is 1.71. The number of hydrogen-bond acceptors (Lipinski definition) is 5. The van der Waals surface area contributed by atoms with Crippen LogP contribution < -0.4 is 10.6 Å². The summed E-state index contributed by atoms with van der Waals surface area (Å²) in [7, 11) is 0. The highest BCUT2D eigenvalue weighted by Crippen LogP contribution is 2.10. The summed E-state index contributed by atoms with van der Waals surface area (Å²) in [5.74, 6) is 0.278. The highest BCUT2D eigenvalue weighted by atomic mass is 35.5. The average Bonchev–Trinajstić information content (AvgIpc) is 2.78. The van der Waals surface area contributed by atoms with Crippen molar-refractivity contribution < 1.29 is 9.72 Å². The highest BCUT2D eigenvalue weighted by Gasteiger charge is 2.15. The molecule has 21 heavy (non-hydrogen) atoms. The van der Waals surface area contributed by atoms with Crippen LogP contribution in [0.1, 0.15) is 25.6 Å². The monoisotopic (exact) mass is 319 g/mol. The highest BCUT2D eigenvalue weighted by molar-refractivity contribution is 5.85. The predicted octanol–water partition coefficient (Wildman–Crippen LogP) is 1.03. The first kappa shape index (κ1) is 19.3. The number of imidazole rings is 1. The van der Waals surface area contributed by atoms with E-state index in [-0.39, 0.29) is 30.6 Å². The molecule has 1 aromatic heterocycles. The molecule has 0 aliphatic heterocycles. The standard InChI is InChI=1S/C12H21N5O3.ClH/c1-3-5-13-6-7-14-12(18)4-8-16-9-11(17(19)20)15-10(16)2;/h9,13H,3-8H2,1-2H3,(H,14,18);1H. The topological polar surface area (TPSA) is 102 Å². The molecule has 8 nitrogen and oxygen atoms in total. The molecule has 1 aromatic rings. The third kappa shape index (κ3) is 7.05. The first-order chi connectivity index (χ1) is 9.54. The third-order valence-corrected chi connectivity index (χ3v) is 2.78. The number of halogens is 1. The summed E-state index contributed by atoms with van der Waals surface area (Å²) in [5, 5.41) is 16.6. The lowest BCUT2D eigenvalue weighted by Gasteiger charge is -2.06. The Balaban J connectivity index is 0.00000400. The minimum atomic E-state index is -0.539. The number of aryl methyl sites for hydroxylation is 2. The zero-order valence-electron chi connectivity index (χ0n) is 12.3. The van der Waals surface area contributed by atoms with Crippen LogP contribution in [0, 0.1) is 17.0 Å². The first-order valence-electron chi connectivity index (χ1n) is 6.70. The molecule has 0 spiro atoms. The van der Waals surface area contributed by atoms with Gasteiger partial charge in [-0.3, -0.25) is 4.79 Å². The van der Waals surface area contributed by atoms with Crippen LogP contribution in [-0.4, -0.2) is 40.0 Å². The van der Waals surface area contributed by atoms with Gasteiger partial charge in [0.05, 0.1) is 0 Å². The van der Waals surface area contributed by atoms with E-state index in [2.05, 4.69) is 22.5 Å². The van der Waals surface area contributed by atoms with Crippen molar-refractivity contribution in [3.8, 4) is 0 Å². The lowest BCUT2D eigenvalue weighted by molar-refractivity contribution is -0.389. The van der Waals surface area contributed by atoms with E-state index in [1.165, 1.54) is 6.20 Å². The zero-order valence-corrected chi connectivity index (χ0v) is 13.1. The van der Waals surface area contributed by atoms with Gasteiger partial charge < -0.3 is 25.3 Å². The van der Waals surface area contributed by atoms with Crippen LogP contribution in [0.25, 0.3) is 0 Å². The van der Waals surface area contributed by atoms with Gasteiger partial charge in [-0.25, -0.2) is 0 Å². The van der Waals surface area contributed by atoms with Gasteiger partial charge in [0.15, 0.2) is 0 Å². The van der Waals surface area contributed by atoms with E-state index in [1.807, 2.05) is 0 Å². The van der Waals surface area contributed by atoms with Gasteiger partial charge in [0, 0.05) is 33.0 Å². The third-order valence-electron chi connectivity index (χ3n) is 2.78. The fourth-order valence-electron chi connectivity index (χ4n) is 1.71. The molecule has 1 heterocycles. The van der Waals surface area contributed by atoms with E-state index < -0.39 is 4.92 Å². The van der Waals surface area contributed by atoms with Gasteiger partial charge in [0.25, 0.3) is 0 Å². The normalized spacial score (nSPS) is 10.0. The van der Waals surface area contributed by atoms with Crippen LogP contribution in [0.3, 0.4) is 0 Å². The van der Waals surface area contributed by atoms with E-state index >= 15 is 0 Å². The molecule has 0 fully saturated rings. The van der Waals surface area contributed by atoms with E-state index in [4.69, 9.17) is 0 Å². The van der Waals surface area contributed by atoms with Gasteiger partial charge in [-0.2, -0.15) is 0 Å². The first-order valence-corrected chi connectivity index (χ1v) is 6.70. The molecule has 0 saturated heterocycles. The molecule has 0 bridgehead atoms. The van der Waals surface area contributed by atoms with Crippen molar-refractivity contribution in [3.05, 3.63) is 22.1 Å². The van der Waals surface area contributed by atoms with E-state index in [0.717, 1.165) is 19.5 Å². The van der Waals surface area contributed by atoms with Gasteiger partial charge >= 0.3 is 5.82 Å². The van der Waals surface area contributed by atoms with Crippen LogP contribution in [0.4, 0.5) is 5.82 Å². The van der Waals surface area contributed by atoms with E-state index in [1.54, 1.807) is 11.5 Å². The number of nitro groups is 1. The molecule has 0 unspecified atom stereocenters. The van der Waals surface area contributed by atoms with Gasteiger partial charge in [0.1, 0.15) is 6.20 Å². The second-order valence-electron chi connectivity index (χ2n) is 4.45. The molecule has 0 saturated carbocycles. The molecule has 0 radical (unpaired) electrons.